The highest BCUT2D eigenvalue weighted by Crippen LogP contribution is 2.32. The maximum Gasteiger partial charge on any atom is 0.262 e. The van der Waals surface area contributed by atoms with Gasteiger partial charge in [-0.1, -0.05) is 17.7 Å². The molecule has 0 bridgehead atoms. The highest BCUT2D eigenvalue weighted by molar-refractivity contribution is 14.1. The van der Waals surface area contributed by atoms with Crippen molar-refractivity contribution in [1.82, 2.24) is 4.98 Å². The topological polar surface area (TPSA) is 64.4 Å². The van der Waals surface area contributed by atoms with Crippen molar-refractivity contribution in [2.45, 2.75) is 13.8 Å². The summed E-state index contributed by atoms with van der Waals surface area (Å²) in [5, 5.41) is 3.40. The number of halogens is 2. The van der Waals surface area contributed by atoms with Crippen molar-refractivity contribution >= 4 is 56.9 Å². The molecule has 1 N–H and O–H groups in total. The molecule has 30 heavy (non-hydrogen) atoms. The molecule has 0 atom stereocenters. The van der Waals surface area contributed by atoms with Gasteiger partial charge in [0.25, 0.3) is 5.91 Å². The number of fused-ring (bicyclic) bond motifs is 1. The van der Waals surface area contributed by atoms with Crippen molar-refractivity contribution < 1.29 is 13.9 Å². The molecule has 0 spiro atoms. The quantitative estimate of drug-likeness (QED) is 0.303. The van der Waals surface area contributed by atoms with Gasteiger partial charge in [-0.3, -0.25) is 4.79 Å². The molecule has 0 saturated heterocycles. The molecule has 4 aromatic rings. The molecule has 7 heteroatoms. The highest BCUT2D eigenvalue weighted by Gasteiger charge is 2.13. The number of carbonyl (C=O) groups excluding carboxylic acids is 1. The first kappa shape index (κ1) is 20.7. The number of nitrogens with one attached hydrogen (secondary N) is 1. The summed E-state index contributed by atoms with van der Waals surface area (Å²) < 4.78 is 12.5. The van der Waals surface area contributed by atoms with Crippen molar-refractivity contribution in [3.8, 4) is 17.2 Å². The summed E-state index contributed by atoms with van der Waals surface area (Å²) in [5.74, 6) is 0.853. The van der Waals surface area contributed by atoms with Gasteiger partial charge in [-0.05, 0) is 96.1 Å². The lowest BCUT2D eigenvalue weighted by atomic mass is 10.1. The minimum Gasteiger partial charge on any atom is -0.484 e. The van der Waals surface area contributed by atoms with Gasteiger partial charge >= 0.3 is 0 Å². The Morgan fingerprint density at radius 3 is 2.73 bits per heavy atom. The predicted octanol–water partition coefficient (Wildman–Crippen LogP) is 6.39. The van der Waals surface area contributed by atoms with Gasteiger partial charge in [0.2, 0.25) is 5.89 Å². The number of anilines is 1. The van der Waals surface area contributed by atoms with E-state index >= 15 is 0 Å². The fourth-order valence-electron chi connectivity index (χ4n) is 2.93. The Kier molecular flexibility index (Phi) is 5.97. The maximum atomic E-state index is 12.3. The highest BCUT2D eigenvalue weighted by atomic mass is 127. The summed E-state index contributed by atoms with van der Waals surface area (Å²) in [5.41, 5.74) is 4.89. The molecule has 5 nitrogen and oxygen atoms in total. The number of aryl methyl sites for hydroxylation is 2. The summed E-state index contributed by atoms with van der Waals surface area (Å²) in [6.07, 6.45) is 0. The second kappa shape index (κ2) is 8.65. The lowest BCUT2D eigenvalue weighted by molar-refractivity contribution is -0.118. The number of nitrogens with zero attached hydrogens (tertiary/aromatic N) is 1. The Labute approximate surface area is 192 Å². The van der Waals surface area contributed by atoms with Gasteiger partial charge in [-0.15, -0.1) is 0 Å². The van der Waals surface area contributed by atoms with Crippen LogP contribution < -0.4 is 10.1 Å². The largest absolute Gasteiger partial charge is 0.484 e. The zero-order valence-corrected chi connectivity index (χ0v) is 19.2. The van der Waals surface area contributed by atoms with E-state index in [-0.39, 0.29) is 12.5 Å². The van der Waals surface area contributed by atoms with E-state index in [4.69, 9.17) is 20.8 Å². The van der Waals surface area contributed by atoms with E-state index in [1.54, 1.807) is 18.2 Å². The standard InChI is InChI=1S/C23H18ClIN2O3/c1-13-3-6-17(9-14(13)2)29-12-22(28)26-16-5-8-21-20(11-16)27-23(30-21)18-10-15(25)4-7-19(18)24/h3-11H,12H2,1-2H3,(H,26,28). The Bertz CT molecular complexity index is 1250. The zero-order valence-electron chi connectivity index (χ0n) is 16.3. The van der Waals surface area contributed by atoms with Crippen LogP contribution in [0.3, 0.4) is 0 Å². The van der Waals surface area contributed by atoms with Crippen LogP contribution >= 0.6 is 34.2 Å². The van der Waals surface area contributed by atoms with E-state index in [0.29, 0.717) is 33.4 Å². The summed E-state index contributed by atoms with van der Waals surface area (Å²) in [6, 6.07) is 16.7. The van der Waals surface area contributed by atoms with Crippen molar-refractivity contribution in [3.63, 3.8) is 0 Å². The molecule has 3 aromatic carbocycles. The average molecular weight is 533 g/mol. The molecule has 0 aliphatic carbocycles. The third-order valence-corrected chi connectivity index (χ3v) is 5.68. The Hall–Kier alpha value is -2.58. The molecule has 0 radical (unpaired) electrons. The molecule has 4 rings (SSSR count). The van der Waals surface area contributed by atoms with Gasteiger partial charge < -0.3 is 14.5 Å². The first-order valence-electron chi connectivity index (χ1n) is 9.25. The number of ether oxygens (including phenoxy) is 1. The van der Waals surface area contributed by atoms with Crippen LogP contribution in [0.15, 0.2) is 59.0 Å². The second-order valence-electron chi connectivity index (χ2n) is 6.91. The lowest BCUT2D eigenvalue weighted by Gasteiger charge is -2.09. The summed E-state index contributed by atoms with van der Waals surface area (Å²) in [4.78, 5) is 16.8. The van der Waals surface area contributed by atoms with E-state index in [1.807, 2.05) is 50.2 Å². The minimum atomic E-state index is -0.253. The maximum absolute atomic E-state index is 12.3. The fraction of sp³-hybridized carbons (Fsp3) is 0.130. The summed E-state index contributed by atoms with van der Waals surface area (Å²) in [7, 11) is 0. The van der Waals surface area contributed by atoms with Crippen LogP contribution in [0.5, 0.6) is 5.75 Å². The van der Waals surface area contributed by atoms with Gasteiger partial charge in [-0.25, -0.2) is 4.98 Å². The zero-order chi connectivity index (χ0) is 21.3. The molecule has 1 heterocycles. The smallest absolute Gasteiger partial charge is 0.262 e. The van der Waals surface area contributed by atoms with E-state index in [1.165, 1.54) is 5.56 Å². The number of aromatic nitrogens is 1. The fourth-order valence-corrected chi connectivity index (χ4v) is 3.62. The lowest BCUT2D eigenvalue weighted by Crippen LogP contribution is -2.20. The normalized spacial score (nSPS) is 10.9. The van der Waals surface area contributed by atoms with Crippen LogP contribution in [0.25, 0.3) is 22.6 Å². The van der Waals surface area contributed by atoms with Crippen LogP contribution in [-0.2, 0) is 4.79 Å². The molecule has 1 aromatic heterocycles. The van der Waals surface area contributed by atoms with Crippen LogP contribution in [-0.4, -0.2) is 17.5 Å². The molecule has 0 aliphatic rings. The first-order chi connectivity index (χ1) is 14.4. The third-order valence-electron chi connectivity index (χ3n) is 4.68. The van der Waals surface area contributed by atoms with Gasteiger partial charge in [0.15, 0.2) is 12.2 Å². The predicted molar refractivity (Wildman–Crippen MR) is 127 cm³/mol. The molecule has 0 saturated carbocycles. The molecule has 152 valence electrons. The van der Waals surface area contributed by atoms with Crippen molar-refractivity contribution in [1.29, 1.82) is 0 Å². The van der Waals surface area contributed by atoms with E-state index in [2.05, 4.69) is 32.9 Å². The molecule has 0 fully saturated rings. The second-order valence-corrected chi connectivity index (χ2v) is 8.56. The molecule has 0 aliphatic heterocycles. The van der Waals surface area contributed by atoms with Gasteiger partial charge in [0, 0.05) is 9.26 Å². The Balaban J connectivity index is 1.47. The number of hydrogen-bond donors (Lipinski definition) is 1. The number of oxazole rings is 1. The van der Waals surface area contributed by atoms with Crippen LogP contribution in [0.4, 0.5) is 5.69 Å². The summed E-state index contributed by atoms with van der Waals surface area (Å²) in [6.45, 7) is 3.96. The number of amides is 1. The van der Waals surface area contributed by atoms with Gasteiger partial charge in [-0.2, -0.15) is 0 Å². The van der Waals surface area contributed by atoms with E-state index in [9.17, 15) is 4.79 Å². The molecular formula is C23H18ClIN2O3. The molecular weight excluding hydrogens is 515 g/mol. The third kappa shape index (κ3) is 4.60. The van der Waals surface area contributed by atoms with E-state index < -0.39 is 0 Å². The Morgan fingerprint density at radius 2 is 1.93 bits per heavy atom. The number of benzene rings is 3. The van der Waals surface area contributed by atoms with Crippen LogP contribution in [0.1, 0.15) is 11.1 Å². The van der Waals surface area contributed by atoms with Crippen LogP contribution in [0.2, 0.25) is 5.02 Å². The van der Waals surface area contributed by atoms with Crippen molar-refractivity contribution in [2.75, 3.05) is 11.9 Å². The Morgan fingerprint density at radius 1 is 1.10 bits per heavy atom. The number of carbonyl (C=O) groups is 1. The SMILES string of the molecule is Cc1ccc(OCC(=O)Nc2ccc3oc(-c4cc(I)ccc4Cl)nc3c2)cc1C. The van der Waals surface area contributed by atoms with Crippen LogP contribution in [0, 0.1) is 17.4 Å². The number of rotatable bonds is 5. The molecule has 0 unspecified atom stereocenters. The van der Waals surface area contributed by atoms with Gasteiger partial charge in [0.1, 0.15) is 11.3 Å². The first-order valence-corrected chi connectivity index (χ1v) is 10.7. The monoisotopic (exact) mass is 532 g/mol. The van der Waals surface area contributed by atoms with Crippen molar-refractivity contribution in [2.24, 2.45) is 0 Å². The van der Waals surface area contributed by atoms with Gasteiger partial charge in [0.05, 0.1) is 10.6 Å². The van der Waals surface area contributed by atoms with Crippen molar-refractivity contribution in [3.05, 3.63) is 74.3 Å². The number of hydrogen-bond acceptors (Lipinski definition) is 4. The minimum absolute atomic E-state index is 0.0807. The average Bonchev–Trinajstić information content (AvgIpc) is 3.14. The molecule has 1 amide bonds. The van der Waals surface area contributed by atoms with E-state index in [0.717, 1.165) is 14.7 Å². The summed E-state index contributed by atoms with van der Waals surface area (Å²) >= 11 is 8.50.